The van der Waals surface area contributed by atoms with E-state index in [4.69, 9.17) is 0 Å². The summed E-state index contributed by atoms with van der Waals surface area (Å²) < 4.78 is 4.42. The molecule has 0 saturated carbocycles. The molecule has 57 heavy (non-hydrogen) atoms. The molecular formula is C54H54S3. The molecule has 0 spiro atoms. The van der Waals surface area contributed by atoms with Crippen LogP contribution in [0.1, 0.15) is 115 Å². The predicted octanol–water partition coefficient (Wildman–Crippen LogP) is 18.6. The Morgan fingerprint density at radius 3 is 0.860 bits per heavy atom. The molecule has 0 unspecified atom stereocenters. The SMILES string of the molecule is CCCCCCc1csc2c3ccccc3c3c(c12)c1c2ccccc2c2scc(CCCCCC)c2c1c1c2ccccc2c2scc(CCCCCC)c2c31. The van der Waals surface area contributed by atoms with Gasteiger partial charge >= 0.3 is 0 Å². The van der Waals surface area contributed by atoms with E-state index in [-0.39, 0.29) is 0 Å². The topological polar surface area (TPSA) is 0 Å². The zero-order chi connectivity index (χ0) is 38.5. The second-order valence-electron chi connectivity index (χ2n) is 16.7. The van der Waals surface area contributed by atoms with Gasteiger partial charge in [0, 0.05) is 62.6 Å². The van der Waals surface area contributed by atoms with Crippen molar-refractivity contribution in [3.8, 4) is 0 Å². The molecule has 0 N–H and O–H groups in total. The summed E-state index contributed by atoms with van der Waals surface area (Å²) in [6.45, 7) is 6.99. The van der Waals surface area contributed by atoms with E-state index in [0.29, 0.717) is 0 Å². The van der Waals surface area contributed by atoms with E-state index in [0.717, 1.165) is 19.3 Å². The van der Waals surface area contributed by atoms with Crippen LogP contribution < -0.4 is 0 Å². The summed E-state index contributed by atoms with van der Waals surface area (Å²) in [5.74, 6) is 0. The van der Waals surface area contributed by atoms with Crippen LogP contribution in [0.25, 0.3) is 94.9 Å². The molecule has 0 atom stereocenters. The standard InChI is InChI=1S/C54H54S3/c1-4-7-10-13-22-34-31-55-52-40-28-19-16-25-37(40)46-49(43(34)52)47-38-26-17-20-29-41(38)53-45(36(32-56-53)24-15-12-9-6-3)51(47)48-39-27-18-21-30-42(39)54-44(50(46)48)35(33-57-54)23-14-11-8-5-2/h16-21,25-33H,4-15,22-24H2,1-3H3. The Labute approximate surface area is 349 Å². The quantitative estimate of drug-likeness (QED) is 0.0716. The van der Waals surface area contributed by atoms with Crippen molar-refractivity contribution in [3.05, 3.63) is 106 Å². The number of aryl methyl sites for hydroxylation is 3. The Morgan fingerprint density at radius 1 is 0.298 bits per heavy atom. The predicted molar refractivity (Wildman–Crippen MR) is 261 cm³/mol. The molecular weight excluding hydrogens is 745 g/mol. The van der Waals surface area contributed by atoms with E-state index in [1.54, 1.807) is 16.7 Å². The smallest absolute Gasteiger partial charge is 0.0430 e. The molecule has 0 saturated heterocycles. The number of benzene rings is 7. The number of hydrogen-bond acceptors (Lipinski definition) is 3. The van der Waals surface area contributed by atoms with Crippen LogP contribution in [0.15, 0.2) is 88.9 Å². The van der Waals surface area contributed by atoms with Gasteiger partial charge in [-0.15, -0.1) is 34.0 Å². The average molecular weight is 799 g/mol. The highest BCUT2D eigenvalue weighted by atomic mass is 32.1. The van der Waals surface area contributed by atoms with Gasteiger partial charge in [-0.1, -0.05) is 151 Å². The van der Waals surface area contributed by atoms with Crippen LogP contribution in [0.5, 0.6) is 0 Å². The molecule has 10 rings (SSSR count). The van der Waals surface area contributed by atoms with Gasteiger partial charge in [-0.3, -0.25) is 0 Å². The normalized spacial score (nSPS) is 12.5. The molecule has 0 radical (unpaired) electrons. The molecule has 0 bridgehead atoms. The van der Waals surface area contributed by atoms with Crippen molar-refractivity contribution in [3.63, 3.8) is 0 Å². The van der Waals surface area contributed by atoms with E-state index in [1.165, 1.54) is 172 Å². The zero-order valence-electron chi connectivity index (χ0n) is 34.0. The highest BCUT2D eigenvalue weighted by Gasteiger charge is 2.27. The third-order valence-corrected chi connectivity index (χ3v) is 16.3. The van der Waals surface area contributed by atoms with E-state index >= 15 is 0 Å². The minimum atomic E-state index is 1.14. The van der Waals surface area contributed by atoms with Crippen molar-refractivity contribution < 1.29 is 0 Å². The van der Waals surface area contributed by atoms with Crippen molar-refractivity contribution in [1.82, 2.24) is 0 Å². The van der Waals surface area contributed by atoms with Gasteiger partial charge in [0.05, 0.1) is 0 Å². The van der Waals surface area contributed by atoms with Gasteiger partial charge in [0.1, 0.15) is 0 Å². The highest BCUT2D eigenvalue weighted by Crippen LogP contribution is 2.55. The van der Waals surface area contributed by atoms with E-state index in [2.05, 4.69) is 110 Å². The second-order valence-corrected chi connectivity index (χ2v) is 19.4. The summed E-state index contributed by atoms with van der Waals surface area (Å²) in [4.78, 5) is 0. The summed E-state index contributed by atoms with van der Waals surface area (Å²) in [6, 6.07) is 28.4. The Morgan fingerprint density at radius 2 is 0.579 bits per heavy atom. The molecule has 0 aliphatic heterocycles. The first-order valence-corrected chi connectivity index (χ1v) is 24.7. The summed E-state index contributed by atoms with van der Waals surface area (Å²) in [6.07, 6.45) is 18.8. The number of unbranched alkanes of at least 4 members (excludes halogenated alkanes) is 9. The van der Waals surface area contributed by atoms with Crippen LogP contribution in [-0.4, -0.2) is 0 Å². The van der Waals surface area contributed by atoms with Gasteiger partial charge in [0.15, 0.2) is 0 Å². The first-order chi connectivity index (χ1) is 28.2. The van der Waals surface area contributed by atoms with Crippen LogP contribution in [-0.2, 0) is 19.3 Å². The van der Waals surface area contributed by atoms with Gasteiger partial charge in [-0.25, -0.2) is 0 Å². The third kappa shape index (κ3) is 6.09. The van der Waals surface area contributed by atoms with E-state index in [9.17, 15) is 0 Å². The maximum Gasteiger partial charge on any atom is 0.0430 e. The summed E-state index contributed by atoms with van der Waals surface area (Å²) >= 11 is 5.99. The lowest BCUT2D eigenvalue weighted by molar-refractivity contribution is 0.669. The molecule has 7 aromatic carbocycles. The molecule has 3 heteroatoms. The maximum atomic E-state index is 2.54. The molecule has 3 aromatic heterocycles. The molecule has 288 valence electrons. The monoisotopic (exact) mass is 798 g/mol. The minimum Gasteiger partial charge on any atom is -0.143 e. The van der Waals surface area contributed by atoms with E-state index in [1.807, 2.05) is 34.0 Å². The fourth-order valence-corrected chi connectivity index (χ4v) is 13.8. The lowest BCUT2D eigenvalue weighted by atomic mass is 9.81. The molecule has 0 aliphatic carbocycles. The minimum absolute atomic E-state index is 1.14. The highest BCUT2D eigenvalue weighted by molar-refractivity contribution is 7.19. The van der Waals surface area contributed by atoms with Crippen molar-refractivity contribution in [1.29, 1.82) is 0 Å². The summed E-state index contributed by atoms with van der Waals surface area (Å²) in [5.41, 5.74) is 4.66. The number of rotatable bonds is 15. The summed E-state index contributed by atoms with van der Waals surface area (Å²) in [5, 5.41) is 29.7. The van der Waals surface area contributed by atoms with Crippen LogP contribution in [0.2, 0.25) is 0 Å². The number of fused-ring (bicyclic) bond motifs is 21. The number of thiophene rings is 3. The van der Waals surface area contributed by atoms with Crippen molar-refractivity contribution in [2.24, 2.45) is 0 Å². The molecule has 0 fully saturated rings. The van der Waals surface area contributed by atoms with Gasteiger partial charge in [-0.2, -0.15) is 0 Å². The average Bonchev–Trinajstić information content (AvgIpc) is 4.00. The Bertz CT molecular complexity index is 2730. The summed E-state index contributed by atoms with van der Waals surface area (Å²) in [7, 11) is 0. The van der Waals surface area contributed by atoms with E-state index < -0.39 is 0 Å². The fraction of sp³-hybridized carbons (Fsp3) is 0.333. The van der Waals surface area contributed by atoms with Gasteiger partial charge in [-0.05, 0) is 104 Å². The van der Waals surface area contributed by atoms with Crippen molar-refractivity contribution in [2.75, 3.05) is 0 Å². The van der Waals surface area contributed by atoms with Crippen molar-refractivity contribution in [2.45, 2.75) is 117 Å². The van der Waals surface area contributed by atoms with Crippen LogP contribution in [0, 0.1) is 0 Å². The van der Waals surface area contributed by atoms with Crippen molar-refractivity contribution >= 4 is 129 Å². The third-order valence-electron chi connectivity index (χ3n) is 13.1. The Hall–Kier alpha value is -4.02. The lowest BCUT2D eigenvalue weighted by Gasteiger charge is -2.21. The first-order valence-electron chi connectivity index (χ1n) is 22.1. The molecule has 10 aromatic rings. The maximum absolute atomic E-state index is 2.54. The first kappa shape index (κ1) is 37.3. The molecule has 3 heterocycles. The molecule has 0 nitrogen and oxygen atoms in total. The second kappa shape index (κ2) is 16.0. The molecule has 0 aliphatic rings. The number of hydrogen-bond donors (Lipinski definition) is 0. The largest absolute Gasteiger partial charge is 0.143 e. The van der Waals surface area contributed by atoms with Gasteiger partial charge < -0.3 is 0 Å². The van der Waals surface area contributed by atoms with Crippen LogP contribution >= 0.6 is 34.0 Å². The van der Waals surface area contributed by atoms with Gasteiger partial charge in [0.2, 0.25) is 0 Å². The lowest BCUT2D eigenvalue weighted by Crippen LogP contribution is -1.95. The fourth-order valence-electron chi connectivity index (χ4n) is 10.4. The zero-order valence-corrected chi connectivity index (χ0v) is 36.4. The Kier molecular flexibility index (Phi) is 10.4. The van der Waals surface area contributed by atoms with Crippen LogP contribution in [0.3, 0.4) is 0 Å². The molecule has 0 amide bonds. The van der Waals surface area contributed by atoms with Gasteiger partial charge in [0.25, 0.3) is 0 Å². The Balaban J connectivity index is 1.50. The van der Waals surface area contributed by atoms with Crippen LogP contribution in [0.4, 0.5) is 0 Å².